The molecule has 5 amide bonds. The van der Waals surface area contributed by atoms with E-state index in [0.717, 1.165) is 29.1 Å². The highest BCUT2D eigenvalue weighted by Gasteiger charge is 2.45. The lowest BCUT2D eigenvalue weighted by molar-refractivity contribution is -0.144. The molecule has 2 fully saturated rings. The van der Waals surface area contributed by atoms with E-state index >= 15 is 0 Å². The molecule has 2 aliphatic rings. The molecule has 24 heavy (non-hydrogen) atoms. The van der Waals surface area contributed by atoms with Crippen molar-refractivity contribution in [3.8, 4) is 0 Å². The van der Waals surface area contributed by atoms with Crippen molar-refractivity contribution in [3.05, 3.63) is 0 Å². The molecule has 7 heteroatoms. The van der Waals surface area contributed by atoms with E-state index in [1.807, 2.05) is 13.8 Å². The van der Waals surface area contributed by atoms with Crippen LogP contribution in [0.4, 0.5) is 4.79 Å². The van der Waals surface area contributed by atoms with E-state index in [4.69, 9.17) is 0 Å². The third-order valence-corrected chi connectivity index (χ3v) is 5.04. The molecule has 3 atom stereocenters. The van der Waals surface area contributed by atoms with Gasteiger partial charge in [-0.2, -0.15) is 0 Å². The van der Waals surface area contributed by atoms with Crippen molar-refractivity contribution in [1.82, 2.24) is 15.1 Å². The summed E-state index contributed by atoms with van der Waals surface area (Å²) >= 11 is 0. The summed E-state index contributed by atoms with van der Waals surface area (Å²) in [6.45, 7) is 7.76. The molecular formula is C17H27N3O4. The van der Waals surface area contributed by atoms with Gasteiger partial charge < -0.3 is 5.32 Å². The van der Waals surface area contributed by atoms with Crippen LogP contribution in [0.1, 0.15) is 47.0 Å². The van der Waals surface area contributed by atoms with Crippen LogP contribution in [-0.4, -0.2) is 52.7 Å². The fourth-order valence-corrected chi connectivity index (χ4v) is 3.40. The summed E-state index contributed by atoms with van der Waals surface area (Å²) in [7, 11) is 0. The van der Waals surface area contributed by atoms with Crippen LogP contribution in [0.3, 0.4) is 0 Å². The van der Waals surface area contributed by atoms with Gasteiger partial charge in [0.2, 0.25) is 5.91 Å². The topological polar surface area (TPSA) is 86.8 Å². The van der Waals surface area contributed by atoms with Gasteiger partial charge in [-0.15, -0.1) is 0 Å². The number of rotatable bonds is 5. The summed E-state index contributed by atoms with van der Waals surface area (Å²) in [6, 6.07) is -0.643. The lowest BCUT2D eigenvalue weighted by Crippen LogP contribution is -2.48. The largest absolute Gasteiger partial charge is 0.352 e. The summed E-state index contributed by atoms with van der Waals surface area (Å²) in [5.41, 5.74) is 0. The summed E-state index contributed by atoms with van der Waals surface area (Å²) in [4.78, 5) is 50.1. The van der Waals surface area contributed by atoms with Crippen molar-refractivity contribution < 1.29 is 19.2 Å². The van der Waals surface area contributed by atoms with Crippen molar-refractivity contribution in [1.29, 1.82) is 0 Å². The molecule has 1 N–H and O–H groups in total. The molecule has 134 valence electrons. The Morgan fingerprint density at radius 2 is 1.75 bits per heavy atom. The Morgan fingerprint density at radius 3 is 2.38 bits per heavy atom. The summed E-state index contributed by atoms with van der Waals surface area (Å²) in [5.74, 6) is -1.21. The van der Waals surface area contributed by atoms with Gasteiger partial charge in [-0.05, 0) is 24.2 Å². The number of urea groups is 1. The molecule has 1 heterocycles. The highest BCUT2D eigenvalue weighted by atomic mass is 16.2. The smallest absolute Gasteiger partial charge is 0.334 e. The molecule has 1 aliphatic heterocycles. The fraction of sp³-hybridized carbons (Fsp3) is 0.765. The minimum Gasteiger partial charge on any atom is -0.352 e. The molecule has 7 nitrogen and oxygen atoms in total. The lowest BCUT2D eigenvalue weighted by atomic mass is 9.78. The number of carbonyl (C=O) groups is 4. The van der Waals surface area contributed by atoms with Gasteiger partial charge >= 0.3 is 17.8 Å². The monoisotopic (exact) mass is 337 g/mol. The number of carbonyl (C=O) groups excluding carboxylic acids is 4. The van der Waals surface area contributed by atoms with Gasteiger partial charge in [-0.25, -0.2) is 9.69 Å². The minimum atomic E-state index is -0.916. The SMILES string of the molecule is CC(C)CN1C(=O)C(=O)N(CC(=O)N[C@H]2CCC[C@@H](C)[C@H]2C)C1=O. The minimum absolute atomic E-state index is 0.0523. The van der Waals surface area contributed by atoms with E-state index in [1.54, 1.807) is 0 Å². The molecule has 0 bridgehead atoms. The highest BCUT2D eigenvalue weighted by molar-refractivity contribution is 6.45. The summed E-state index contributed by atoms with van der Waals surface area (Å²) < 4.78 is 0. The second kappa shape index (κ2) is 7.32. The molecule has 0 aromatic carbocycles. The first kappa shape index (κ1) is 18.4. The third-order valence-electron chi connectivity index (χ3n) is 5.04. The first-order valence-corrected chi connectivity index (χ1v) is 8.69. The Bertz CT molecular complexity index is 546. The predicted molar refractivity (Wildman–Crippen MR) is 87.8 cm³/mol. The standard InChI is InChI=1S/C17H27N3O4/c1-10(2)8-19-15(22)16(23)20(17(19)24)9-14(21)18-13-7-5-6-11(3)12(13)4/h10-13H,5-9H2,1-4H3,(H,18,21)/t11-,12-,13+/m1/s1. The first-order valence-electron chi connectivity index (χ1n) is 8.69. The Kier molecular flexibility index (Phi) is 5.62. The third kappa shape index (κ3) is 3.76. The van der Waals surface area contributed by atoms with Crippen LogP contribution in [0.15, 0.2) is 0 Å². The van der Waals surface area contributed by atoms with Crippen LogP contribution < -0.4 is 5.32 Å². The molecule has 1 saturated heterocycles. The van der Waals surface area contributed by atoms with Crippen LogP contribution in [0, 0.1) is 17.8 Å². The average Bonchev–Trinajstić information content (AvgIpc) is 2.69. The van der Waals surface area contributed by atoms with E-state index in [2.05, 4.69) is 19.2 Å². The average molecular weight is 337 g/mol. The van der Waals surface area contributed by atoms with Crippen LogP contribution in [0.25, 0.3) is 0 Å². The number of imide groups is 2. The normalized spacial score (nSPS) is 28.0. The molecule has 0 radical (unpaired) electrons. The molecule has 0 aromatic heterocycles. The maximum absolute atomic E-state index is 12.3. The Labute approximate surface area is 142 Å². The van der Waals surface area contributed by atoms with E-state index in [0.29, 0.717) is 11.8 Å². The Balaban J connectivity index is 1.97. The van der Waals surface area contributed by atoms with Gasteiger partial charge in [0.15, 0.2) is 0 Å². The number of amides is 5. The van der Waals surface area contributed by atoms with Crippen molar-refractivity contribution in [2.24, 2.45) is 17.8 Å². The zero-order valence-corrected chi connectivity index (χ0v) is 14.9. The summed E-state index contributed by atoms with van der Waals surface area (Å²) in [6.07, 6.45) is 3.10. The predicted octanol–water partition coefficient (Wildman–Crippen LogP) is 1.37. The molecular weight excluding hydrogens is 310 g/mol. The Hall–Kier alpha value is -1.92. The number of hydrogen-bond acceptors (Lipinski definition) is 4. The van der Waals surface area contributed by atoms with Crippen molar-refractivity contribution in [2.75, 3.05) is 13.1 Å². The number of nitrogens with zero attached hydrogens (tertiary/aromatic N) is 2. The zero-order valence-electron chi connectivity index (χ0n) is 14.9. The van der Waals surface area contributed by atoms with Gasteiger partial charge in [0, 0.05) is 12.6 Å². The molecule has 0 unspecified atom stereocenters. The van der Waals surface area contributed by atoms with Crippen LogP contribution in [0.2, 0.25) is 0 Å². The van der Waals surface area contributed by atoms with Crippen molar-refractivity contribution >= 4 is 23.8 Å². The second-order valence-electron chi connectivity index (χ2n) is 7.42. The van der Waals surface area contributed by atoms with Gasteiger partial charge in [-0.3, -0.25) is 19.3 Å². The molecule has 1 aliphatic carbocycles. The molecule has 0 aromatic rings. The van der Waals surface area contributed by atoms with Crippen molar-refractivity contribution in [2.45, 2.75) is 53.0 Å². The Morgan fingerprint density at radius 1 is 1.12 bits per heavy atom. The van der Waals surface area contributed by atoms with Crippen LogP contribution in [-0.2, 0) is 14.4 Å². The van der Waals surface area contributed by atoms with Gasteiger partial charge in [-0.1, -0.05) is 40.5 Å². The van der Waals surface area contributed by atoms with Gasteiger partial charge in [0.25, 0.3) is 0 Å². The van der Waals surface area contributed by atoms with E-state index in [1.165, 1.54) is 0 Å². The van der Waals surface area contributed by atoms with Crippen molar-refractivity contribution in [3.63, 3.8) is 0 Å². The molecule has 2 rings (SSSR count). The summed E-state index contributed by atoms with van der Waals surface area (Å²) in [5, 5.41) is 2.92. The van der Waals surface area contributed by atoms with E-state index in [9.17, 15) is 19.2 Å². The van der Waals surface area contributed by atoms with Gasteiger partial charge in [0.1, 0.15) is 6.54 Å². The van der Waals surface area contributed by atoms with Crippen LogP contribution >= 0.6 is 0 Å². The van der Waals surface area contributed by atoms with Gasteiger partial charge in [0.05, 0.1) is 0 Å². The first-order chi connectivity index (χ1) is 11.2. The molecule has 1 saturated carbocycles. The maximum Gasteiger partial charge on any atom is 0.334 e. The van der Waals surface area contributed by atoms with E-state index in [-0.39, 0.29) is 24.4 Å². The lowest BCUT2D eigenvalue weighted by Gasteiger charge is -2.34. The molecule has 0 spiro atoms. The quantitative estimate of drug-likeness (QED) is 0.606. The number of hydrogen-bond donors (Lipinski definition) is 1. The van der Waals surface area contributed by atoms with E-state index < -0.39 is 24.4 Å². The zero-order chi connectivity index (χ0) is 18.0. The highest BCUT2D eigenvalue weighted by Crippen LogP contribution is 2.29. The fourth-order valence-electron chi connectivity index (χ4n) is 3.40. The maximum atomic E-state index is 12.3. The van der Waals surface area contributed by atoms with Crippen LogP contribution in [0.5, 0.6) is 0 Å². The number of nitrogens with one attached hydrogen (secondary N) is 1. The second-order valence-corrected chi connectivity index (χ2v) is 7.42.